The highest BCUT2D eigenvalue weighted by Crippen LogP contribution is 2.83. The summed E-state index contributed by atoms with van der Waals surface area (Å²) in [6, 6.07) is 21.0. The van der Waals surface area contributed by atoms with Gasteiger partial charge in [-0.1, -0.05) is 98.2 Å². The predicted molar refractivity (Wildman–Crippen MR) is 166 cm³/mol. The molecule has 0 aliphatic heterocycles. The Bertz CT molecular complexity index is 1250. The van der Waals surface area contributed by atoms with Gasteiger partial charge in [0.05, 0.1) is 0 Å². The SMILES string of the molecule is CC12CC3CC(C)(C1)CC(C14CC5(C)CC(C)(CC(c6ccc(CC(Br)c7ccccc7)cc6)(C5)C1)C4)(C3)C2. The van der Waals surface area contributed by atoms with E-state index in [1.165, 1.54) is 68.9 Å². The van der Waals surface area contributed by atoms with Crippen LogP contribution in [0.3, 0.4) is 0 Å². The maximum Gasteiger partial charge on any atom is 0.0435 e. The van der Waals surface area contributed by atoms with Crippen LogP contribution in [0.25, 0.3) is 0 Å². The average Bonchev–Trinajstić information content (AvgIpc) is 2.80. The number of hydrogen-bond acceptors (Lipinski definition) is 0. The van der Waals surface area contributed by atoms with E-state index in [-0.39, 0.29) is 0 Å². The predicted octanol–water partition coefficient (Wildman–Crippen LogP) is 11.0. The van der Waals surface area contributed by atoms with E-state index in [0.717, 1.165) is 12.3 Å². The highest BCUT2D eigenvalue weighted by molar-refractivity contribution is 9.09. The zero-order valence-corrected chi connectivity index (χ0v) is 26.5. The minimum absolute atomic E-state index is 0.379. The molecule has 8 saturated carbocycles. The van der Waals surface area contributed by atoms with Crippen molar-refractivity contribution in [1.29, 1.82) is 0 Å². The van der Waals surface area contributed by atoms with E-state index in [1.54, 1.807) is 24.8 Å². The Hall–Kier alpha value is -1.08. The molecule has 0 amide bonds. The maximum atomic E-state index is 3.98. The fourth-order valence-electron chi connectivity index (χ4n) is 14.6. The van der Waals surface area contributed by atoms with E-state index in [0.29, 0.717) is 42.7 Å². The minimum atomic E-state index is 0.379. The fourth-order valence-corrected chi connectivity index (χ4v) is 15.3. The Morgan fingerprint density at radius 1 is 0.615 bits per heavy atom. The van der Waals surface area contributed by atoms with Gasteiger partial charge in [0.2, 0.25) is 0 Å². The van der Waals surface area contributed by atoms with Crippen LogP contribution in [0.15, 0.2) is 54.6 Å². The first-order chi connectivity index (χ1) is 18.4. The lowest BCUT2D eigenvalue weighted by Gasteiger charge is -2.78. The van der Waals surface area contributed by atoms with Crippen LogP contribution in [-0.4, -0.2) is 0 Å². The first kappa shape index (κ1) is 25.6. The van der Waals surface area contributed by atoms with Gasteiger partial charge in [0.15, 0.2) is 0 Å². The Morgan fingerprint density at radius 3 is 1.77 bits per heavy atom. The molecule has 0 radical (unpaired) electrons. The summed E-state index contributed by atoms with van der Waals surface area (Å²) in [7, 11) is 0. The van der Waals surface area contributed by atoms with Gasteiger partial charge in [-0.15, -0.1) is 0 Å². The second-order valence-electron chi connectivity index (χ2n) is 17.9. The summed E-state index contributed by atoms with van der Waals surface area (Å²) in [5, 5.41) is 0. The first-order valence-electron chi connectivity index (χ1n) is 16.2. The number of alkyl halides is 1. The van der Waals surface area contributed by atoms with Gasteiger partial charge in [0.1, 0.15) is 0 Å². The average molecular weight is 586 g/mol. The smallest absolute Gasteiger partial charge is 0.0435 e. The van der Waals surface area contributed by atoms with Crippen molar-refractivity contribution < 1.29 is 0 Å². The summed E-state index contributed by atoms with van der Waals surface area (Å²) in [5.41, 5.74) is 8.31. The zero-order valence-electron chi connectivity index (χ0n) is 24.9. The second-order valence-corrected chi connectivity index (χ2v) is 19.0. The molecule has 8 aliphatic carbocycles. The van der Waals surface area contributed by atoms with Crippen LogP contribution in [0.1, 0.15) is 126 Å². The molecule has 0 heterocycles. The number of halogens is 1. The van der Waals surface area contributed by atoms with Crippen molar-refractivity contribution in [3.05, 3.63) is 71.3 Å². The van der Waals surface area contributed by atoms with Gasteiger partial charge in [-0.2, -0.15) is 0 Å². The Labute approximate surface area is 246 Å². The second kappa shape index (κ2) is 7.85. The standard InChI is InChI=1S/C38H49Br/c1-32-15-28-16-33(2,18-32)23-37(17-28,22-32)38-24-34(3)19-35(4,25-38)21-36(20-34,26-38)30-12-10-27(11-13-30)14-31(39)29-8-6-5-7-9-29/h5-13,28,31H,14-26H2,1-4H3. The molecule has 0 saturated heterocycles. The van der Waals surface area contributed by atoms with Gasteiger partial charge in [0, 0.05) is 4.83 Å². The van der Waals surface area contributed by atoms with Gasteiger partial charge < -0.3 is 0 Å². The molecule has 0 N–H and O–H groups in total. The lowest BCUT2D eigenvalue weighted by Crippen LogP contribution is -2.69. The van der Waals surface area contributed by atoms with E-state index in [2.05, 4.69) is 98.2 Å². The lowest BCUT2D eigenvalue weighted by molar-refractivity contribution is -0.270. The molecule has 2 aromatic rings. The monoisotopic (exact) mass is 584 g/mol. The molecule has 8 bridgehead atoms. The summed E-state index contributed by atoms with van der Waals surface area (Å²) < 4.78 is 0. The molecule has 0 spiro atoms. The van der Waals surface area contributed by atoms with Crippen LogP contribution in [-0.2, 0) is 11.8 Å². The molecule has 0 nitrogen and oxygen atoms in total. The van der Waals surface area contributed by atoms with Crippen molar-refractivity contribution in [3.63, 3.8) is 0 Å². The topological polar surface area (TPSA) is 0 Å². The molecule has 0 aromatic heterocycles. The lowest BCUT2D eigenvalue weighted by atomic mass is 9.26. The van der Waals surface area contributed by atoms with Crippen LogP contribution in [0, 0.1) is 38.4 Å². The Morgan fingerprint density at radius 2 is 1.18 bits per heavy atom. The van der Waals surface area contributed by atoms with Crippen LogP contribution >= 0.6 is 15.9 Å². The van der Waals surface area contributed by atoms with E-state index < -0.39 is 0 Å². The zero-order chi connectivity index (χ0) is 26.9. The van der Waals surface area contributed by atoms with E-state index in [4.69, 9.17) is 0 Å². The van der Waals surface area contributed by atoms with Gasteiger partial charge in [0.25, 0.3) is 0 Å². The summed E-state index contributed by atoms with van der Waals surface area (Å²) in [4.78, 5) is 0.379. The Balaban J connectivity index is 1.15. The molecule has 8 fully saturated rings. The van der Waals surface area contributed by atoms with Crippen molar-refractivity contribution in [3.8, 4) is 0 Å². The number of benzene rings is 2. The largest absolute Gasteiger partial charge is 0.0835 e. The normalized spacial score (nSPS) is 49.9. The van der Waals surface area contributed by atoms with Gasteiger partial charge in [-0.3, -0.25) is 0 Å². The van der Waals surface area contributed by atoms with Crippen LogP contribution in [0.4, 0.5) is 0 Å². The molecule has 39 heavy (non-hydrogen) atoms. The number of rotatable bonds is 5. The van der Waals surface area contributed by atoms with E-state index >= 15 is 0 Å². The quantitative estimate of drug-likeness (QED) is 0.306. The molecular formula is C38H49Br. The first-order valence-corrected chi connectivity index (χ1v) is 17.1. The van der Waals surface area contributed by atoms with E-state index in [9.17, 15) is 0 Å². The van der Waals surface area contributed by atoms with Crippen molar-refractivity contribution in [2.45, 2.75) is 121 Å². The summed E-state index contributed by atoms with van der Waals surface area (Å²) in [6.07, 6.45) is 19.1. The molecule has 2 aromatic carbocycles. The molecule has 5 unspecified atom stereocenters. The van der Waals surface area contributed by atoms with Crippen LogP contribution in [0.2, 0.25) is 0 Å². The van der Waals surface area contributed by atoms with Gasteiger partial charge in [-0.05, 0) is 144 Å². The molecule has 1 heteroatoms. The van der Waals surface area contributed by atoms with Crippen molar-refractivity contribution in [2.75, 3.05) is 0 Å². The third kappa shape index (κ3) is 3.79. The molecule has 8 aliphatic rings. The third-order valence-electron chi connectivity index (χ3n) is 13.5. The van der Waals surface area contributed by atoms with Crippen molar-refractivity contribution in [2.24, 2.45) is 38.4 Å². The fraction of sp³-hybridized carbons (Fsp3) is 0.684. The molecular weight excluding hydrogens is 536 g/mol. The highest BCUT2D eigenvalue weighted by Gasteiger charge is 2.74. The number of hydrogen-bond donors (Lipinski definition) is 0. The van der Waals surface area contributed by atoms with Crippen LogP contribution < -0.4 is 0 Å². The Kier molecular flexibility index (Phi) is 5.15. The van der Waals surface area contributed by atoms with Crippen molar-refractivity contribution >= 4 is 15.9 Å². The third-order valence-corrected chi connectivity index (χ3v) is 14.3. The molecule has 208 valence electrons. The summed E-state index contributed by atoms with van der Waals surface area (Å²) >= 11 is 3.98. The maximum absolute atomic E-state index is 3.98. The highest BCUT2D eigenvalue weighted by atomic mass is 79.9. The minimum Gasteiger partial charge on any atom is -0.0835 e. The summed E-state index contributed by atoms with van der Waals surface area (Å²) in [6.45, 7) is 10.9. The van der Waals surface area contributed by atoms with Gasteiger partial charge in [-0.25, -0.2) is 0 Å². The van der Waals surface area contributed by atoms with Gasteiger partial charge >= 0.3 is 0 Å². The molecule has 10 rings (SSSR count). The van der Waals surface area contributed by atoms with Crippen molar-refractivity contribution in [1.82, 2.24) is 0 Å². The van der Waals surface area contributed by atoms with E-state index in [1.807, 2.05) is 0 Å². The van der Waals surface area contributed by atoms with Crippen LogP contribution in [0.5, 0.6) is 0 Å². The summed E-state index contributed by atoms with van der Waals surface area (Å²) in [5.74, 6) is 1.00. The molecule has 5 atom stereocenters.